The van der Waals surface area contributed by atoms with Crippen molar-refractivity contribution in [1.29, 1.82) is 0 Å². The number of benzene rings is 1. The van der Waals surface area contributed by atoms with E-state index in [1.807, 2.05) is 13.8 Å². The number of nitrogens with zero attached hydrogens (tertiary/aromatic N) is 3. The van der Waals surface area contributed by atoms with Gasteiger partial charge in [-0.15, -0.1) is 0 Å². The highest BCUT2D eigenvalue weighted by atomic mass is 35.5. The van der Waals surface area contributed by atoms with Crippen molar-refractivity contribution in [3.05, 3.63) is 52.3 Å². The number of piperidine rings is 1. The molecule has 4 rings (SSSR count). The maximum Gasteiger partial charge on any atom is 0.431 e. The van der Waals surface area contributed by atoms with E-state index >= 15 is 0 Å². The van der Waals surface area contributed by atoms with Crippen LogP contribution in [0.25, 0.3) is 0 Å². The summed E-state index contributed by atoms with van der Waals surface area (Å²) in [5.41, 5.74) is -0.813. The Balaban J connectivity index is 1.59. The van der Waals surface area contributed by atoms with Gasteiger partial charge in [-0.2, -0.15) is 13.2 Å². The molecule has 3 amide bonds. The van der Waals surface area contributed by atoms with Crippen molar-refractivity contribution in [2.24, 2.45) is 0 Å². The van der Waals surface area contributed by atoms with E-state index in [-0.39, 0.29) is 44.2 Å². The van der Waals surface area contributed by atoms with E-state index in [1.165, 1.54) is 17.7 Å². The smallest absolute Gasteiger partial charge is 0.431 e. The number of fused-ring (bicyclic) bond motifs is 2. The number of halogens is 4. The molecule has 190 valence electrons. The zero-order chi connectivity index (χ0) is 25.5. The van der Waals surface area contributed by atoms with Gasteiger partial charge in [-0.3, -0.25) is 4.79 Å². The molecule has 3 heterocycles. The topological polar surface area (TPSA) is 66.8 Å². The van der Waals surface area contributed by atoms with Crippen LogP contribution in [0, 0.1) is 0 Å². The van der Waals surface area contributed by atoms with E-state index in [2.05, 4.69) is 5.32 Å². The van der Waals surface area contributed by atoms with Gasteiger partial charge < -0.3 is 24.4 Å². The number of urea groups is 1. The average molecular weight is 513 g/mol. The summed E-state index contributed by atoms with van der Waals surface area (Å²) in [6.45, 7) is 4.51. The van der Waals surface area contributed by atoms with Crippen molar-refractivity contribution in [1.82, 2.24) is 19.7 Å². The lowest BCUT2D eigenvalue weighted by Crippen LogP contribution is -2.61. The Labute approximate surface area is 206 Å². The van der Waals surface area contributed by atoms with Crippen LogP contribution in [0.2, 0.25) is 5.02 Å². The third kappa shape index (κ3) is 4.55. The normalized spacial score (nSPS) is 17.5. The summed E-state index contributed by atoms with van der Waals surface area (Å²) in [7, 11) is 1.50. The summed E-state index contributed by atoms with van der Waals surface area (Å²) in [5.74, 6) is 0.256. The van der Waals surface area contributed by atoms with Gasteiger partial charge in [0.2, 0.25) is 0 Å². The van der Waals surface area contributed by atoms with Crippen LogP contribution in [0.15, 0.2) is 30.3 Å². The van der Waals surface area contributed by atoms with Crippen molar-refractivity contribution in [2.75, 3.05) is 26.7 Å². The molecule has 0 atom stereocenters. The summed E-state index contributed by atoms with van der Waals surface area (Å²) < 4.78 is 47.6. The second-order valence-electron chi connectivity index (χ2n) is 9.10. The van der Waals surface area contributed by atoms with Crippen molar-refractivity contribution in [2.45, 2.75) is 51.1 Å². The minimum absolute atomic E-state index is 0.0539. The van der Waals surface area contributed by atoms with E-state index in [4.69, 9.17) is 16.3 Å². The standard InChI is InChI=1S/C24H28ClF3N4O3/c1-15(2)35-18-5-4-16(14-17(18)25)21(33)30-10-8-23(9-11-30)19-6-7-20(24(26,27)28)31(19)12-13-32(23)22(34)29-3/h4-7,14-15H,8-13H2,1-3H3,(H,29,34). The molecule has 2 aliphatic heterocycles. The van der Waals surface area contributed by atoms with E-state index in [1.54, 1.807) is 28.0 Å². The number of aromatic nitrogens is 1. The van der Waals surface area contributed by atoms with Crippen LogP contribution in [0.3, 0.4) is 0 Å². The lowest BCUT2D eigenvalue weighted by Gasteiger charge is -2.51. The predicted molar refractivity (Wildman–Crippen MR) is 125 cm³/mol. The minimum Gasteiger partial charge on any atom is -0.489 e. The first-order chi connectivity index (χ1) is 16.5. The molecule has 1 aromatic carbocycles. The molecule has 0 unspecified atom stereocenters. The lowest BCUT2D eigenvalue weighted by molar-refractivity contribution is -0.144. The molecule has 1 aromatic heterocycles. The van der Waals surface area contributed by atoms with Crippen LogP contribution in [0.1, 0.15) is 48.4 Å². The van der Waals surface area contributed by atoms with Gasteiger partial charge in [-0.1, -0.05) is 11.6 Å². The number of likely N-dealkylation sites (tertiary alicyclic amines) is 1. The number of ether oxygens (including phenoxy) is 1. The molecule has 35 heavy (non-hydrogen) atoms. The molecule has 1 N–H and O–H groups in total. The Morgan fingerprint density at radius 1 is 1.09 bits per heavy atom. The zero-order valence-corrected chi connectivity index (χ0v) is 20.5. The van der Waals surface area contributed by atoms with E-state index < -0.39 is 17.4 Å². The molecule has 11 heteroatoms. The number of nitrogens with one attached hydrogen (secondary N) is 1. The van der Waals surface area contributed by atoms with E-state index in [0.717, 1.165) is 6.07 Å². The van der Waals surface area contributed by atoms with E-state index in [9.17, 15) is 22.8 Å². The third-order valence-corrected chi connectivity index (χ3v) is 6.99. The molecular formula is C24H28ClF3N4O3. The van der Waals surface area contributed by atoms with Crippen molar-refractivity contribution in [3.8, 4) is 5.75 Å². The van der Waals surface area contributed by atoms with Crippen LogP contribution in [-0.2, 0) is 18.3 Å². The van der Waals surface area contributed by atoms with Crippen LogP contribution < -0.4 is 10.1 Å². The average Bonchev–Trinajstić information content (AvgIpc) is 3.26. The Morgan fingerprint density at radius 3 is 2.34 bits per heavy atom. The number of hydrogen-bond donors (Lipinski definition) is 1. The van der Waals surface area contributed by atoms with Crippen molar-refractivity contribution in [3.63, 3.8) is 0 Å². The highest BCUT2D eigenvalue weighted by molar-refractivity contribution is 6.32. The first-order valence-electron chi connectivity index (χ1n) is 11.5. The molecule has 2 aromatic rings. The van der Waals surface area contributed by atoms with Gasteiger partial charge >= 0.3 is 12.2 Å². The van der Waals surface area contributed by atoms with Gasteiger partial charge in [0.05, 0.1) is 16.7 Å². The molecule has 0 saturated carbocycles. The zero-order valence-electron chi connectivity index (χ0n) is 19.8. The van der Waals surface area contributed by atoms with Gasteiger partial charge in [0.25, 0.3) is 5.91 Å². The molecule has 7 nitrogen and oxygen atoms in total. The van der Waals surface area contributed by atoms with Crippen LogP contribution in [0.5, 0.6) is 5.75 Å². The predicted octanol–water partition coefficient (Wildman–Crippen LogP) is 4.73. The Bertz CT molecular complexity index is 1120. The summed E-state index contributed by atoms with van der Waals surface area (Å²) in [6.07, 6.45) is -3.93. The number of carbonyl (C=O) groups is 2. The van der Waals surface area contributed by atoms with Gasteiger partial charge in [0.15, 0.2) is 0 Å². The fourth-order valence-corrected chi connectivity index (χ4v) is 5.34. The van der Waals surface area contributed by atoms with E-state index in [0.29, 0.717) is 34.9 Å². The second kappa shape index (κ2) is 9.29. The van der Waals surface area contributed by atoms with Crippen LogP contribution >= 0.6 is 11.6 Å². The fraction of sp³-hybridized carbons (Fsp3) is 0.500. The second-order valence-corrected chi connectivity index (χ2v) is 9.50. The van der Waals surface area contributed by atoms with Gasteiger partial charge in [0, 0.05) is 44.5 Å². The molecule has 1 fully saturated rings. The number of alkyl halides is 3. The summed E-state index contributed by atoms with van der Waals surface area (Å²) >= 11 is 6.30. The highest BCUT2D eigenvalue weighted by Gasteiger charge is 2.50. The number of carbonyl (C=O) groups excluding carboxylic acids is 2. The molecule has 0 aliphatic carbocycles. The van der Waals surface area contributed by atoms with Crippen LogP contribution in [-0.4, -0.2) is 59.1 Å². The fourth-order valence-electron chi connectivity index (χ4n) is 5.12. The first kappa shape index (κ1) is 25.2. The van der Waals surface area contributed by atoms with Crippen LogP contribution in [0.4, 0.5) is 18.0 Å². The monoisotopic (exact) mass is 512 g/mol. The molecule has 1 saturated heterocycles. The minimum atomic E-state index is -4.49. The maximum atomic E-state index is 13.6. The molecular weight excluding hydrogens is 485 g/mol. The third-order valence-electron chi connectivity index (χ3n) is 6.69. The Hall–Kier alpha value is -2.88. The molecule has 2 aliphatic rings. The quantitative estimate of drug-likeness (QED) is 0.646. The van der Waals surface area contributed by atoms with Gasteiger partial charge in [-0.05, 0) is 57.0 Å². The highest BCUT2D eigenvalue weighted by Crippen LogP contribution is 2.45. The van der Waals surface area contributed by atoms with Crippen molar-refractivity contribution < 1.29 is 27.5 Å². The maximum absolute atomic E-state index is 13.6. The largest absolute Gasteiger partial charge is 0.489 e. The first-order valence-corrected chi connectivity index (χ1v) is 11.9. The lowest BCUT2D eigenvalue weighted by atomic mass is 9.81. The number of rotatable bonds is 3. The molecule has 0 bridgehead atoms. The summed E-state index contributed by atoms with van der Waals surface area (Å²) in [6, 6.07) is 7.05. The van der Waals surface area contributed by atoms with Crippen molar-refractivity contribution >= 4 is 23.5 Å². The molecule has 1 spiro atoms. The Morgan fingerprint density at radius 2 is 1.77 bits per heavy atom. The SMILES string of the molecule is CNC(=O)N1CCn2c(C(F)(F)F)ccc2C12CCN(C(=O)c1ccc(OC(C)C)c(Cl)c1)CC2. The summed E-state index contributed by atoms with van der Waals surface area (Å²) in [5, 5.41) is 2.93. The summed E-state index contributed by atoms with van der Waals surface area (Å²) in [4.78, 5) is 29.2. The van der Waals surface area contributed by atoms with Gasteiger partial charge in [0.1, 0.15) is 11.4 Å². The van der Waals surface area contributed by atoms with Gasteiger partial charge in [-0.25, -0.2) is 4.79 Å². The Kier molecular flexibility index (Phi) is 6.70. The number of hydrogen-bond acceptors (Lipinski definition) is 3. The molecule has 0 radical (unpaired) electrons. The number of amides is 3.